The van der Waals surface area contributed by atoms with Gasteiger partial charge in [0.1, 0.15) is 6.33 Å². The number of amides is 1. The highest BCUT2D eigenvalue weighted by atomic mass is 16.1. The van der Waals surface area contributed by atoms with E-state index < -0.39 is 0 Å². The van der Waals surface area contributed by atoms with Crippen LogP contribution in [0.15, 0.2) is 48.8 Å². The largest absolute Gasteiger partial charge is 0.368 e. The van der Waals surface area contributed by atoms with Crippen molar-refractivity contribution in [2.24, 2.45) is 0 Å². The van der Waals surface area contributed by atoms with Gasteiger partial charge in [0.05, 0.1) is 0 Å². The van der Waals surface area contributed by atoms with Crippen LogP contribution in [0, 0.1) is 13.8 Å². The first kappa shape index (κ1) is 20.6. The summed E-state index contributed by atoms with van der Waals surface area (Å²) in [6, 6.07) is 13.7. The van der Waals surface area contributed by atoms with E-state index in [0.717, 1.165) is 31.9 Å². The zero-order valence-electron chi connectivity index (χ0n) is 18.1. The molecule has 2 aromatic carbocycles. The molecule has 8 heteroatoms. The van der Waals surface area contributed by atoms with Crippen molar-refractivity contribution < 1.29 is 4.79 Å². The Labute approximate surface area is 182 Å². The summed E-state index contributed by atoms with van der Waals surface area (Å²) in [4.78, 5) is 29.7. The van der Waals surface area contributed by atoms with Gasteiger partial charge in [-0.15, -0.1) is 0 Å². The number of aromatic nitrogens is 3. The van der Waals surface area contributed by atoms with Gasteiger partial charge in [0.2, 0.25) is 11.9 Å². The smallest absolute Gasteiger partial charge is 0.251 e. The fourth-order valence-electron chi connectivity index (χ4n) is 3.74. The molecule has 0 saturated carbocycles. The SMILES string of the molecule is CNC(=O)c1cccc(Nc2ncnc(N3CCN(c4cccc(C)c4C)CC3)n2)c1. The number of nitrogens with one attached hydrogen (secondary N) is 2. The Kier molecular flexibility index (Phi) is 5.97. The summed E-state index contributed by atoms with van der Waals surface area (Å²) in [5.41, 5.74) is 5.27. The number of benzene rings is 2. The first-order chi connectivity index (χ1) is 15.0. The van der Waals surface area contributed by atoms with Crippen molar-refractivity contribution in [3.8, 4) is 0 Å². The van der Waals surface area contributed by atoms with Crippen LogP contribution in [0.3, 0.4) is 0 Å². The van der Waals surface area contributed by atoms with Crippen LogP contribution in [0.4, 0.5) is 23.3 Å². The molecule has 0 atom stereocenters. The van der Waals surface area contributed by atoms with Crippen molar-refractivity contribution in [1.29, 1.82) is 0 Å². The number of rotatable bonds is 5. The average molecular weight is 418 g/mol. The maximum Gasteiger partial charge on any atom is 0.251 e. The fourth-order valence-corrected chi connectivity index (χ4v) is 3.74. The molecule has 1 aliphatic heterocycles. The van der Waals surface area contributed by atoms with E-state index in [4.69, 9.17) is 0 Å². The van der Waals surface area contributed by atoms with Gasteiger partial charge in [-0.1, -0.05) is 18.2 Å². The maximum atomic E-state index is 11.9. The summed E-state index contributed by atoms with van der Waals surface area (Å²) in [6.07, 6.45) is 1.52. The molecule has 1 aliphatic rings. The second-order valence-corrected chi connectivity index (χ2v) is 7.59. The van der Waals surface area contributed by atoms with Gasteiger partial charge in [-0.05, 0) is 49.2 Å². The van der Waals surface area contributed by atoms with Gasteiger partial charge < -0.3 is 20.4 Å². The second kappa shape index (κ2) is 8.99. The first-order valence-corrected chi connectivity index (χ1v) is 10.4. The minimum Gasteiger partial charge on any atom is -0.368 e. The number of aryl methyl sites for hydroxylation is 1. The van der Waals surface area contributed by atoms with Crippen LogP contribution in [-0.4, -0.2) is 54.1 Å². The number of carbonyl (C=O) groups excluding carboxylic acids is 1. The molecule has 2 heterocycles. The maximum absolute atomic E-state index is 11.9. The number of nitrogens with zero attached hydrogens (tertiary/aromatic N) is 5. The fraction of sp³-hybridized carbons (Fsp3) is 0.304. The topological polar surface area (TPSA) is 86.3 Å². The lowest BCUT2D eigenvalue weighted by molar-refractivity contribution is 0.0963. The lowest BCUT2D eigenvalue weighted by atomic mass is 10.1. The van der Waals surface area contributed by atoms with E-state index in [-0.39, 0.29) is 5.91 Å². The number of piperazine rings is 1. The molecule has 0 bridgehead atoms. The predicted molar refractivity (Wildman–Crippen MR) is 123 cm³/mol. The van der Waals surface area contributed by atoms with Gasteiger partial charge in [-0.25, -0.2) is 9.97 Å². The van der Waals surface area contributed by atoms with Crippen LogP contribution in [-0.2, 0) is 0 Å². The summed E-state index contributed by atoms with van der Waals surface area (Å²) in [5.74, 6) is 0.971. The highest BCUT2D eigenvalue weighted by Crippen LogP contribution is 2.25. The molecule has 3 aromatic rings. The lowest BCUT2D eigenvalue weighted by Gasteiger charge is -2.37. The second-order valence-electron chi connectivity index (χ2n) is 7.59. The monoisotopic (exact) mass is 417 g/mol. The third-order valence-electron chi connectivity index (χ3n) is 5.65. The molecule has 0 aliphatic carbocycles. The number of hydrogen-bond donors (Lipinski definition) is 2. The van der Waals surface area contributed by atoms with E-state index in [1.807, 2.05) is 12.1 Å². The molecule has 1 saturated heterocycles. The molecular weight excluding hydrogens is 390 g/mol. The highest BCUT2D eigenvalue weighted by Gasteiger charge is 2.21. The summed E-state index contributed by atoms with van der Waals surface area (Å²) >= 11 is 0. The van der Waals surface area contributed by atoms with E-state index in [1.54, 1.807) is 19.2 Å². The van der Waals surface area contributed by atoms with Crippen molar-refractivity contribution in [2.45, 2.75) is 13.8 Å². The molecule has 0 radical (unpaired) electrons. The van der Waals surface area contributed by atoms with Crippen LogP contribution in [0.1, 0.15) is 21.5 Å². The molecule has 1 aromatic heterocycles. The van der Waals surface area contributed by atoms with Crippen molar-refractivity contribution in [1.82, 2.24) is 20.3 Å². The highest BCUT2D eigenvalue weighted by molar-refractivity contribution is 5.95. The van der Waals surface area contributed by atoms with Crippen molar-refractivity contribution in [2.75, 3.05) is 48.3 Å². The van der Waals surface area contributed by atoms with E-state index in [9.17, 15) is 4.79 Å². The van der Waals surface area contributed by atoms with Crippen LogP contribution in [0.5, 0.6) is 0 Å². The van der Waals surface area contributed by atoms with Crippen LogP contribution < -0.4 is 20.4 Å². The van der Waals surface area contributed by atoms with Gasteiger partial charge in [-0.2, -0.15) is 4.98 Å². The van der Waals surface area contributed by atoms with E-state index in [2.05, 4.69) is 67.4 Å². The van der Waals surface area contributed by atoms with Gasteiger partial charge in [0.25, 0.3) is 5.91 Å². The van der Waals surface area contributed by atoms with Gasteiger partial charge in [0, 0.05) is 50.2 Å². The molecule has 0 spiro atoms. The van der Waals surface area contributed by atoms with Gasteiger partial charge >= 0.3 is 0 Å². The van der Waals surface area contributed by atoms with E-state index in [1.165, 1.54) is 23.1 Å². The summed E-state index contributed by atoms with van der Waals surface area (Å²) < 4.78 is 0. The first-order valence-electron chi connectivity index (χ1n) is 10.4. The summed E-state index contributed by atoms with van der Waals surface area (Å²) in [6.45, 7) is 7.82. The normalized spacial score (nSPS) is 13.8. The predicted octanol–water partition coefficient (Wildman–Crippen LogP) is 2.92. The van der Waals surface area contributed by atoms with Crippen LogP contribution in [0.25, 0.3) is 0 Å². The Hall–Kier alpha value is -3.68. The van der Waals surface area contributed by atoms with Gasteiger partial charge in [-0.3, -0.25) is 4.79 Å². The number of anilines is 4. The Balaban J connectivity index is 1.44. The minimum absolute atomic E-state index is 0.137. The third-order valence-corrected chi connectivity index (χ3v) is 5.65. The Morgan fingerprint density at radius 3 is 2.48 bits per heavy atom. The van der Waals surface area contributed by atoms with Crippen molar-refractivity contribution in [3.05, 3.63) is 65.5 Å². The lowest BCUT2D eigenvalue weighted by Crippen LogP contribution is -2.47. The third kappa shape index (κ3) is 4.58. The number of hydrogen-bond acceptors (Lipinski definition) is 7. The molecule has 4 rings (SSSR count). The van der Waals surface area contributed by atoms with Crippen molar-refractivity contribution >= 4 is 29.2 Å². The van der Waals surface area contributed by atoms with Crippen molar-refractivity contribution in [3.63, 3.8) is 0 Å². The molecule has 2 N–H and O–H groups in total. The van der Waals surface area contributed by atoms with Crippen LogP contribution in [0.2, 0.25) is 0 Å². The Morgan fingerprint density at radius 1 is 0.968 bits per heavy atom. The zero-order chi connectivity index (χ0) is 21.8. The summed E-state index contributed by atoms with van der Waals surface area (Å²) in [7, 11) is 1.61. The average Bonchev–Trinajstić information content (AvgIpc) is 2.81. The number of carbonyl (C=O) groups is 1. The molecule has 1 amide bonds. The van der Waals surface area contributed by atoms with E-state index >= 15 is 0 Å². The molecule has 8 nitrogen and oxygen atoms in total. The van der Waals surface area contributed by atoms with E-state index in [0.29, 0.717) is 17.5 Å². The molecule has 0 unspecified atom stereocenters. The van der Waals surface area contributed by atoms with Crippen LogP contribution >= 0.6 is 0 Å². The molecule has 1 fully saturated rings. The van der Waals surface area contributed by atoms with Gasteiger partial charge in [0.15, 0.2) is 0 Å². The zero-order valence-corrected chi connectivity index (χ0v) is 18.1. The Bertz CT molecular complexity index is 1080. The summed E-state index contributed by atoms with van der Waals surface area (Å²) in [5, 5.41) is 5.80. The standard InChI is InChI=1S/C23H27N7O/c1-16-6-4-9-20(17(16)2)29-10-12-30(13-11-29)23-26-15-25-22(28-23)27-19-8-5-7-18(14-19)21(31)24-3/h4-9,14-15H,10-13H2,1-3H3,(H,24,31)(H,25,26,27,28). The molecule has 160 valence electrons. The Morgan fingerprint density at radius 2 is 1.71 bits per heavy atom. The minimum atomic E-state index is -0.137. The molecular formula is C23H27N7O. The quantitative estimate of drug-likeness (QED) is 0.660. The molecule has 31 heavy (non-hydrogen) atoms.